The maximum Gasteiger partial charge on any atom is 0.180 e. The van der Waals surface area contributed by atoms with Crippen LogP contribution in [0, 0.1) is 11.3 Å². The van der Waals surface area contributed by atoms with Crippen LogP contribution in [0.2, 0.25) is 0 Å². The highest BCUT2D eigenvalue weighted by atomic mass is 15.0. The van der Waals surface area contributed by atoms with E-state index in [1.807, 2.05) is 12.1 Å². The Bertz CT molecular complexity index is 603. The number of nitrogens with one attached hydrogen (secondary N) is 1. The monoisotopic (exact) mass is 284 g/mol. The molecule has 1 aliphatic carbocycles. The molecule has 0 aliphatic heterocycles. The quantitative estimate of drug-likeness (QED) is 0.900. The Morgan fingerprint density at radius 3 is 2.67 bits per heavy atom. The van der Waals surface area contributed by atoms with Crippen molar-refractivity contribution in [2.75, 3.05) is 11.9 Å². The van der Waals surface area contributed by atoms with Crippen LogP contribution in [-0.4, -0.2) is 21.5 Å². The lowest BCUT2D eigenvalue weighted by Crippen LogP contribution is -2.28. The molecule has 1 N–H and O–H groups in total. The molecule has 21 heavy (non-hydrogen) atoms. The van der Waals surface area contributed by atoms with Crippen LogP contribution in [-0.2, 0) is 0 Å². The summed E-state index contributed by atoms with van der Waals surface area (Å²) in [6.45, 7) is 5.66. The van der Waals surface area contributed by atoms with Gasteiger partial charge in [0.05, 0.1) is 0 Å². The van der Waals surface area contributed by atoms with Crippen LogP contribution in [0.4, 0.5) is 5.82 Å². The Kier molecular flexibility index (Phi) is 4.04. The molecular formula is C17H24N4. The third kappa shape index (κ3) is 3.31. The molecule has 2 aromatic rings. The van der Waals surface area contributed by atoms with E-state index in [2.05, 4.69) is 34.1 Å². The van der Waals surface area contributed by atoms with Crippen LogP contribution in [0.5, 0.6) is 0 Å². The fourth-order valence-electron chi connectivity index (χ4n) is 3.67. The first-order valence-electron chi connectivity index (χ1n) is 7.99. The Morgan fingerprint density at radius 2 is 1.90 bits per heavy atom. The van der Waals surface area contributed by atoms with Gasteiger partial charge in [0.25, 0.3) is 0 Å². The van der Waals surface area contributed by atoms with E-state index >= 15 is 0 Å². The minimum Gasteiger partial charge on any atom is -0.369 e. The second-order valence-electron chi connectivity index (χ2n) is 6.75. The van der Waals surface area contributed by atoms with Gasteiger partial charge in [0.15, 0.2) is 5.65 Å². The Morgan fingerprint density at radius 1 is 1.14 bits per heavy atom. The van der Waals surface area contributed by atoms with Crippen LogP contribution in [0.1, 0.15) is 46.0 Å². The lowest BCUT2D eigenvalue weighted by molar-refractivity contribution is 0.252. The van der Waals surface area contributed by atoms with Crippen molar-refractivity contribution in [3.8, 4) is 0 Å². The van der Waals surface area contributed by atoms with Gasteiger partial charge in [-0.2, -0.15) is 0 Å². The summed E-state index contributed by atoms with van der Waals surface area (Å²) < 4.78 is 0. The van der Waals surface area contributed by atoms with E-state index in [4.69, 9.17) is 0 Å². The summed E-state index contributed by atoms with van der Waals surface area (Å²) >= 11 is 0. The zero-order valence-electron chi connectivity index (χ0n) is 13.0. The average Bonchev–Trinajstić information content (AvgIpc) is 2.93. The maximum atomic E-state index is 4.56. The number of anilines is 1. The van der Waals surface area contributed by atoms with E-state index in [9.17, 15) is 0 Å². The zero-order valence-corrected chi connectivity index (χ0v) is 13.0. The molecule has 0 aromatic carbocycles. The number of fused-ring (bicyclic) bond motifs is 1. The molecule has 4 heteroatoms. The highest BCUT2D eigenvalue weighted by molar-refractivity contribution is 5.71. The molecule has 0 radical (unpaired) electrons. The number of hydrogen-bond acceptors (Lipinski definition) is 4. The molecular weight excluding hydrogens is 260 g/mol. The fraction of sp³-hybridized carbons (Fsp3) is 0.588. The van der Waals surface area contributed by atoms with Crippen LogP contribution < -0.4 is 5.32 Å². The highest BCUT2D eigenvalue weighted by Crippen LogP contribution is 2.43. The van der Waals surface area contributed by atoms with Gasteiger partial charge in [0.1, 0.15) is 11.3 Å². The van der Waals surface area contributed by atoms with E-state index in [1.54, 1.807) is 12.4 Å². The third-order valence-corrected chi connectivity index (χ3v) is 4.48. The molecule has 2 heterocycles. The Balaban J connectivity index is 1.72. The molecule has 4 nitrogen and oxygen atoms in total. The standard InChI is InChI=1S/C17H24N4/c1-13(2)11-17(7-3-4-8-17)12-20-15-6-5-14-16(21-15)19-10-9-18-14/h5-6,9-10,13H,3-4,7-8,11-12H2,1-2H3,(H,19,20,21). The topological polar surface area (TPSA) is 50.7 Å². The van der Waals surface area contributed by atoms with Gasteiger partial charge in [0.2, 0.25) is 0 Å². The molecule has 0 saturated heterocycles. The second-order valence-corrected chi connectivity index (χ2v) is 6.75. The number of pyridine rings is 1. The minimum absolute atomic E-state index is 0.452. The summed E-state index contributed by atoms with van der Waals surface area (Å²) in [5, 5.41) is 3.55. The molecule has 0 amide bonds. The SMILES string of the molecule is CC(C)CC1(CNc2ccc3nccnc3n2)CCCC1. The normalized spacial score (nSPS) is 17.5. The summed E-state index contributed by atoms with van der Waals surface area (Å²) in [4.78, 5) is 13.1. The van der Waals surface area contributed by atoms with E-state index in [0.29, 0.717) is 11.1 Å². The van der Waals surface area contributed by atoms with Crippen molar-refractivity contribution in [2.24, 2.45) is 11.3 Å². The summed E-state index contributed by atoms with van der Waals surface area (Å²) in [6.07, 6.45) is 10.1. The summed E-state index contributed by atoms with van der Waals surface area (Å²) in [7, 11) is 0. The van der Waals surface area contributed by atoms with Crippen molar-refractivity contribution < 1.29 is 0 Å². The molecule has 0 spiro atoms. The summed E-state index contributed by atoms with van der Waals surface area (Å²) in [5.74, 6) is 1.67. The molecule has 0 unspecified atom stereocenters. The predicted octanol–water partition coefficient (Wildman–Crippen LogP) is 4.04. The first kappa shape index (κ1) is 14.2. The van der Waals surface area contributed by atoms with E-state index in [-0.39, 0.29) is 0 Å². The van der Waals surface area contributed by atoms with E-state index in [1.165, 1.54) is 32.1 Å². The molecule has 1 aliphatic rings. The summed E-state index contributed by atoms with van der Waals surface area (Å²) in [6, 6.07) is 4.00. The van der Waals surface area contributed by atoms with Crippen molar-refractivity contribution in [1.29, 1.82) is 0 Å². The lowest BCUT2D eigenvalue weighted by atomic mass is 9.78. The van der Waals surface area contributed by atoms with Gasteiger partial charge in [-0.25, -0.2) is 9.97 Å². The smallest absolute Gasteiger partial charge is 0.180 e. The lowest BCUT2D eigenvalue weighted by Gasteiger charge is -2.31. The van der Waals surface area contributed by atoms with Crippen molar-refractivity contribution in [2.45, 2.75) is 46.0 Å². The summed E-state index contributed by atoms with van der Waals surface area (Å²) in [5.41, 5.74) is 2.01. The molecule has 3 rings (SSSR count). The van der Waals surface area contributed by atoms with Crippen molar-refractivity contribution >= 4 is 17.0 Å². The van der Waals surface area contributed by atoms with Crippen LogP contribution >= 0.6 is 0 Å². The predicted molar refractivity (Wildman–Crippen MR) is 86.2 cm³/mol. The molecule has 2 aromatic heterocycles. The third-order valence-electron chi connectivity index (χ3n) is 4.48. The van der Waals surface area contributed by atoms with Gasteiger partial charge >= 0.3 is 0 Å². The number of aromatic nitrogens is 3. The van der Waals surface area contributed by atoms with Gasteiger partial charge in [0, 0.05) is 18.9 Å². The highest BCUT2D eigenvalue weighted by Gasteiger charge is 2.34. The minimum atomic E-state index is 0.452. The first-order valence-corrected chi connectivity index (χ1v) is 7.99. The van der Waals surface area contributed by atoms with E-state index < -0.39 is 0 Å². The largest absolute Gasteiger partial charge is 0.369 e. The van der Waals surface area contributed by atoms with Crippen LogP contribution in [0.15, 0.2) is 24.5 Å². The molecule has 1 fully saturated rings. The van der Waals surface area contributed by atoms with Gasteiger partial charge in [-0.15, -0.1) is 0 Å². The van der Waals surface area contributed by atoms with Crippen molar-refractivity contribution in [3.05, 3.63) is 24.5 Å². The van der Waals surface area contributed by atoms with Crippen molar-refractivity contribution in [3.63, 3.8) is 0 Å². The van der Waals surface area contributed by atoms with Crippen molar-refractivity contribution in [1.82, 2.24) is 15.0 Å². The number of nitrogens with zero attached hydrogens (tertiary/aromatic N) is 3. The number of hydrogen-bond donors (Lipinski definition) is 1. The average molecular weight is 284 g/mol. The molecule has 0 bridgehead atoms. The van der Waals surface area contributed by atoms with Gasteiger partial charge in [-0.05, 0) is 42.7 Å². The van der Waals surface area contributed by atoms with Crippen LogP contribution in [0.3, 0.4) is 0 Å². The molecule has 1 saturated carbocycles. The second kappa shape index (κ2) is 5.96. The molecule has 112 valence electrons. The molecule has 0 atom stereocenters. The van der Waals surface area contributed by atoms with E-state index in [0.717, 1.165) is 23.8 Å². The number of rotatable bonds is 5. The van der Waals surface area contributed by atoms with Gasteiger partial charge in [-0.3, -0.25) is 4.98 Å². The first-order chi connectivity index (χ1) is 10.2. The Hall–Kier alpha value is -1.71. The maximum absolute atomic E-state index is 4.56. The fourth-order valence-corrected chi connectivity index (χ4v) is 3.67. The van der Waals surface area contributed by atoms with Gasteiger partial charge < -0.3 is 5.32 Å². The van der Waals surface area contributed by atoms with Gasteiger partial charge in [-0.1, -0.05) is 26.7 Å². The Labute approximate surface area is 126 Å². The van der Waals surface area contributed by atoms with Crippen LogP contribution in [0.25, 0.3) is 11.2 Å². The zero-order chi connectivity index (χ0) is 14.7.